The Labute approximate surface area is 207 Å². The van der Waals surface area contributed by atoms with E-state index in [1.807, 2.05) is 30.3 Å². The molecule has 9 nitrogen and oxygen atoms in total. The standard InChI is InChI=1S/C27H26N4O5/c1-17(28-29-26(32)19-14-22(35-3)16-23(15-19)36-4)24-25(18-8-6-5-7-9-18)30-31(27(24)33)20-10-12-21(34-2)13-11-20/h5-16,30H,1-4H3,(H,29,32). The van der Waals surface area contributed by atoms with E-state index in [0.717, 1.165) is 5.56 Å². The SMILES string of the molecule is COc1ccc(-n2[nH]c(-c3ccccc3)c(C(C)=NNC(=O)c3cc(OC)cc(OC)c3)c2=O)cc1. The second kappa shape index (κ2) is 10.6. The molecule has 1 amide bonds. The molecule has 3 aromatic carbocycles. The topological polar surface area (TPSA) is 107 Å². The molecular weight excluding hydrogens is 460 g/mol. The van der Waals surface area contributed by atoms with E-state index >= 15 is 0 Å². The van der Waals surface area contributed by atoms with Gasteiger partial charge in [-0.1, -0.05) is 30.3 Å². The predicted octanol–water partition coefficient (Wildman–Crippen LogP) is 4.01. The van der Waals surface area contributed by atoms with Crippen LogP contribution in [0.25, 0.3) is 16.9 Å². The number of amides is 1. The summed E-state index contributed by atoms with van der Waals surface area (Å²) >= 11 is 0. The van der Waals surface area contributed by atoms with E-state index in [0.29, 0.717) is 45.5 Å². The third kappa shape index (κ3) is 5.00. The van der Waals surface area contributed by atoms with E-state index in [4.69, 9.17) is 14.2 Å². The van der Waals surface area contributed by atoms with Gasteiger partial charge in [0, 0.05) is 17.2 Å². The Morgan fingerprint density at radius 2 is 1.47 bits per heavy atom. The first-order valence-electron chi connectivity index (χ1n) is 11.1. The zero-order valence-corrected chi connectivity index (χ0v) is 20.4. The summed E-state index contributed by atoms with van der Waals surface area (Å²) in [6, 6.07) is 21.4. The Morgan fingerprint density at radius 3 is 2.06 bits per heavy atom. The maximum atomic E-state index is 13.5. The fourth-order valence-corrected chi connectivity index (χ4v) is 3.69. The highest BCUT2D eigenvalue weighted by Gasteiger charge is 2.20. The van der Waals surface area contributed by atoms with Gasteiger partial charge in [0.05, 0.1) is 44.0 Å². The van der Waals surface area contributed by atoms with Gasteiger partial charge in [-0.15, -0.1) is 0 Å². The monoisotopic (exact) mass is 486 g/mol. The Hall–Kier alpha value is -4.79. The van der Waals surface area contributed by atoms with E-state index in [1.165, 1.54) is 18.9 Å². The number of nitrogens with zero attached hydrogens (tertiary/aromatic N) is 2. The van der Waals surface area contributed by atoms with Gasteiger partial charge in [-0.25, -0.2) is 10.1 Å². The van der Waals surface area contributed by atoms with Crippen LogP contribution in [0.15, 0.2) is 82.7 Å². The summed E-state index contributed by atoms with van der Waals surface area (Å²) in [4.78, 5) is 26.3. The first-order chi connectivity index (χ1) is 17.4. The average Bonchev–Trinajstić information content (AvgIpc) is 3.28. The second-order valence-corrected chi connectivity index (χ2v) is 7.81. The van der Waals surface area contributed by atoms with Gasteiger partial charge < -0.3 is 14.2 Å². The van der Waals surface area contributed by atoms with Gasteiger partial charge in [0.25, 0.3) is 11.5 Å². The molecule has 0 saturated heterocycles. The van der Waals surface area contributed by atoms with Gasteiger partial charge in [0.15, 0.2) is 0 Å². The molecule has 0 aliphatic carbocycles. The molecule has 0 unspecified atom stereocenters. The van der Waals surface area contributed by atoms with Gasteiger partial charge in [0.1, 0.15) is 17.2 Å². The highest BCUT2D eigenvalue weighted by Crippen LogP contribution is 2.24. The molecule has 4 rings (SSSR count). The number of aromatic nitrogens is 2. The van der Waals surface area contributed by atoms with Crippen LogP contribution in [0.3, 0.4) is 0 Å². The Kier molecular flexibility index (Phi) is 7.20. The summed E-state index contributed by atoms with van der Waals surface area (Å²) in [5.41, 5.74) is 5.20. The summed E-state index contributed by atoms with van der Waals surface area (Å²) in [7, 11) is 4.59. The van der Waals surface area contributed by atoms with Gasteiger partial charge >= 0.3 is 0 Å². The fraction of sp³-hybridized carbons (Fsp3) is 0.148. The Morgan fingerprint density at radius 1 is 0.861 bits per heavy atom. The lowest BCUT2D eigenvalue weighted by Gasteiger charge is -2.08. The van der Waals surface area contributed by atoms with Crippen molar-refractivity contribution in [3.05, 3.63) is 94.3 Å². The number of nitrogens with one attached hydrogen (secondary N) is 2. The van der Waals surface area contributed by atoms with Gasteiger partial charge in [-0.2, -0.15) is 5.10 Å². The van der Waals surface area contributed by atoms with Crippen LogP contribution >= 0.6 is 0 Å². The molecule has 0 saturated carbocycles. The number of hydrogen-bond acceptors (Lipinski definition) is 6. The molecule has 0 bridgehead atoms. The molecule has 2 N–H and O–H groups in total. The second-order valence-electron chi connectivity index (χ2n) is 7.81. The van der Waals surface area contributed by atoms with Crippen molar-refractivity contribution < 1.29 is 19.0 Å². The average molecular weight is 487 g/mol. The van der Waals surface area contributed by atoms with Gasteiger partial charge in [-0.05, 0) is 43.3 Å². The molecule has 0 spiro atoms. The lowest BCUT2D eigenvalue weighted by molar-refractivity contribution is 0.0954. The molecule has 0 fully saturated rings. The van der Waals surface area contributed by atoms with Crippen LogP contribution in [0.1, 0.15) is 22.8 Å². The van der Waals surface area contributed by atoms with Crippen LogP contribution in [-0.2, 0) is 0 Å². The first-order valence-corrected chi connectivity index (χ1v) is 11.1. The van der Waals surface area contributed by atoms with Gasteiger partial charge in [-0.3, -0.25) is 14.7 Å². The van der Waals surface area contributed by atoms with Crippen molar-refractivity contribution in [3.8, 4) is 34.2 Å². The highest BCUT2D eigenvalue weighted by atomic mass is 16.5. The third-order valence-electron chi connectivity index (χ3n) is 5.58. The summed E-state index contributed by atoms with van der Waals surface area (Å²) in [5.74, 6) is 1.15. The molecular formula is C27H26N4O5. The molecule has 1 aromatic heterocycles. The van der Waals surface area contributed by atoms with Crippen LogP contribution in [0, 0.1) is 0 Å². The minimum Gasteiger partial charge on any atom is -0.497 e. The van der Waals surface area contributed by atoms with E-state index in [1.54, 1.807) is 56.5 Å². The summed E-state index contributed by atoms with van der Waals surface area (Å²) in [6.07, 6.45) is 0. The van der Waals surface area contributed by atoms with Crippen molar-refractivity contribution in [3.63, 3.8) is 0 Å². The first kappa shape index (κ1) is 24.3. The fourth-order valence-electron chi connectivity index (χ4n) is 3.69. The molecule has 0 aliphatic rings. The predicted molar refractivity (Wildman–Crippen MR) is 138 cm³/mol. The van der Waals surface area contributed by atoms with Crippen LogP contribution in [-0.4, -0.2) is 42.7 Å². The van der Waals surface area contributed by atoms with E-state index < -0.39 is 5.91 Å². The van der Waals surface area contributed by atoms with Crippen molar-refractivity contribution in [2.24, 2.45) is 5.10 Å². The van der Waals surface area contributed by atoms with Crippen molar-refractivity contribution in [1.82, 2.24) is 15.2 Å². The number of hydrogen-bond donors (Lipinski definition) is 2. The maximum absolute atomic E-state index is 13.5. The highest BCUT2D eigenvalue weighted by molar-refractivity contribution is 6.04. The molecule has 4 aromatic rings. The number of rotatable bonds is 8. The zero-order chi connectivity index (χ0) is 25.7. The summed E-state index contributed by atoms with van der Waals surface area (Å²) in [5, 5.41) is 7.43. The third-order valence-corrected chi connectivity index (χ3v) is 5.58. The number of carbonyl (C=O) groups excluding carboxylic acids is 1. The molecule has 184 valence electrons. The molecule has 0 aliphatic heterocycles. The van der Waals surface area contributed by atoms with Crippen LogP contribution in [0.4, 0.5) is 0 Å². The van der Waals surface area contributed by atoms with Crippen molar-refractivity contribution in [2.75, 3.05) is 21.3 Å². The number of H-pyrrole nitrogens is 1. The summed E-state index contributed by atoms with van der Waals surface area (Å²) < 4.78 is 17.1. The normalized spacial score (nSPS) is 11.2. The number of benzene rings is 3. The molecule has 0 radical (unpaired) electrons. The smallest absolute Gasteiger partial charge is 0.281 e. The molecule has 1 heterocycles. The number of carbonyl (C=O) groups is 1. The van der Waals surface area contributed by atoms with E-state index in [-0.39, 0.29) is 5.56 Å². The van der Waals surface area contributed by atoms with Crippen molar-refractivity contribution in [1.29, 1.82) is 0 Å². The Bertz CT molecular complexity index is 1430. The number of methoxy groups -OCH3 is 3. The lowest BCUT2D eigenvalue weighted by atomic mass is 10.1. The van der Waals surface area contributed by atoms with Crippen molar-refractivity contribution in [2.45, 2.75) is 6.92 Å². The van der Waals surface area contributed by atoms with E-state index in [9.17, 15) is 9.59 Å². The van der Waals surface area contributed by atoms with E-state index in [2.05, 4.69) is 15.6 Å². The molecule has 36 heavy (non-hydrogen) atoms. The Balaban J connectivity index is 1.73. The minimum absolute atomic E-state index is 0.302. The van der Waals surface area contributed by atoms with Crippen LogP contribution < -0.4 is 25.2 Å². The molecule has 9 heteroatoms. The zero-order valence-electron chi connectivity index (χ0n) is 20.4. The largest absolute Gasteiger partial charge is 0.497 e. The van der Waals surface area contributed by atoms with Crippen LogP contribution in [0.2, 0.25) is 0 Å². The minimum atomic E-state index is -0.473. The van der Waals surface area contributed by atoms with Crippen LogP contribution in [0.5, 0.6) is 17.2 Å². The quantitative estimate of drug-likeness (QED) is 0.289. The van der Waals surface area contributed by atoms with Gasteiger partial charge in [0.2, 0.25) is 0 Å². The number of hydrazone groups is 1. The number of aromatic amines is 1. The summed E-state index contributed by atoms with van der Waals surface area (Å²) in [6.45, 7) is 1.67. The maximum Gasteiger partial charge on any atom is 0.281 e. The lowest BCUT2D eigenvalue weighted by Crippen LogP contribution is -2.23. The van der Waals surface area contributed by atoms with Crippen molar-refractivity contribution >= 4 is 11.6 Å². The molecule has 0 atom stereocenters. The number of ether oxygens (including phenoxy) is 3.